The highest BCUT2D eigenvalue weighted by atomic mass is 19.4. The average Bonchev–Trinajstić information content (AvgIpc) is 2.02. The van der Waals surface area contributed by atoms with Gasteiger partial charge in [0.25, 0.3) is 5.70 Å². The van der Waals surface area contributed by atoms with Crippen LogP contribution in [-0.2, 0) is 4.79 Å². The number of carbonyl (C=O) groups excluding carboxylic acids is 1. The number of rotatable bonds is 1. The fraction of sp³-hybridized carbons (Fsp3) is 0.286. The molecule has 0 amide bonds. The lowest BCUT2D eigenvalue weighted by Crippen LogP contribution is -2.30. The van der Waals surface area contributed by atoms with Crippen LogP contribution in [0.5, 0.6) is 0 Å². The summed E-state index contributed by atoms with van der Waals surface area (Å²) in [5.41, 5.74) is -0.716. The third-order valence-electron chi connectivity index (χ3n) is 1.63. The van der Waals surface area contributed by atoms with Crippen molar-refractivity contribution in [2.45, 2.75) is 6.18 Å². The molecule has 0 aromatic rings. The van der Waals surface area contributed by atoms with Gasteiger partial charge in [-0.15, -0.1) is 0 Å². The fourth-order valence-electron chi connectivity index (χ4n) is 0.957. The van der Waals surface area contributed by atoms with Crippen LogP contribution in [0.2, 0.25) is 0 Å². The molecule has 0 N–H and O–H groups in total. The maximum atomic E-state index is 12.1. The normalized spacial score (nSPS) is 22.1. The Balaban J connectivity index is 3.03. The predicted molar refractivity (Wildman–Crippen MR) is 38.8 cm³/mol. The SMILES string of the molecule is O=C1C=CC([N+](=O)[O-])=CC1C(F)(F)F. The molecule has 0 bridgehead atoms. The summed E-state index contributed by atoms with van der Waals surface area (Å²) in [5, 5.41) is 10.1. The number of hydrogen-bond acceptors (Lipinski definition) is 3. The molecule has 1 unspecified atom stereocenters. The molecule has 0 heterocycles. The third kappa shape index (κ3) is 1.98. The second kappa shape index (κ2) is 3.24. The molecule has 0 saturated heterocycles. The van der Waals surface area contributed by atoms with E-state index in [-0.39, 0.29) is 0 Å². The van der Waals surface area contributed by atoms with Gasteiger partial charge in [-0.1, -0.05) is 0 Å². The number of allylic oxidation sites excluding steroid dienone is 3. The van der Waals surface area contributed by atoms with E-state index in [0.29, 0.717) is 12.2 Å². The minimum Gasteiger partial charge on any atom is -0.294 e. The first-order valence-electron chi connectivity index (χ1n) is 3.47. The number of halogens is 3. The number of alkyl halides is 3. The summed E-state index contributed by atoms with van der Waals surface area (Å²) in [5.74, 6) is -3.59. The van der Waals surface area contributed by atoms with Gasteiger partial charge in [0.05, 0.1) is 4.92 Å². The average molecular weight is 207 g/mol. The van der Waals surface area contributed by atoms with Crippen LogP contribution < -0.4 is 0 Å². The van der Waals surface area contributed by atoms with Crippen LogP contribution in [0.4, 0.5) is 13.2 Å². The van der Waals surface area contributed by atoms with Gasteiger partial charge >= 0.3 is 6.18 Å². The second-order valence-corrected chi connectivity index (χ2v) is 2.60. The Hall–Kier alpha value is -1.66. The van der Waals surface area contributed by atoms with E-state index in [2.05, 4.69) is 0 Å². The topological polar surface area (TPSA) is 60.2 Å². The fourth-order valence-corrected chi connectivity index (χ4v) is 0.957. The molecule has 0 aromatic heterocycles. The summed E-state index contributed by atoms with van der Waals surface area (Å²) >= 11 is 0. The molecule has 0 saturated carbocycles. The Morgan fingerprint density at radius 2 is 1.93 bits per heavy atom. The van der Waals surface area contributed by atoms with Crippen molar-refractivity contribution >= 4 is 5.78 Å². The molecule has 1 aliphatic rings. The van der Waals surface area contributed by atoms with Gasteiger partial charge in [-0.05, 0) is 6.08 Å². The molecule has 14 heavy (non-hydrogen) atoms. The van der Waals surface area contributed by atoms with Gasteiger partial charge in [-0.3, -0.25) is 14.9 Å². The quantitative estimate of drug-likeness (QED) is 0.483. The van der Waals surface area contributed by atoms with Crippen molar-refractivity contribution < 1.29 is 22.9 Å². The Morgan fingerprint density at radius 1 is 1.36 bits per heavy atom. The predicted octanol–water partition coefficient (Wildman–Crippen LogP) is 1.46. The van der Waals surface area contributed by atoms with E-state index in [9.17, 15) is 28.1 Å². The first-order valence-corrected chi connectivity index (χ1v) is 3.47. The van der Waals surface area contributed by atoms with E-state index in [0.717, 1.165) is 6.08 Å². The monoisotopic (exact) mass is 207 g/mol. The van der Waals surface area contributed by atoms with Gasteiger partial charge in [-0.25, -0.2) is 0 Å². The van der Waals surface area contributed by atoms with Crippen LogP contribution in [0.15, 0.2) is 23.9 Å². The van der Waals surface area contributed by atoms with Gasteiger partial charge in [0.15, 0.2) is 5.78 Å². The molecule has 76 valence electrons. The summed E-state index contributed by atoms with van der Waals surface area (Å²) in [4.78, 5) is 19.9. The number of carbonyl (C=O) groups is 1. The van der Waals surface area contributed by atoms with E-state index >= 15 is 0 Å². The minimum atomic E-state index is -4.77. The molecule has 0 spiro atoms. The largest absolute Gasteiger partial charge is 0.402 e. The van der Waals surface area contributed by atoms with E-state index in [1.807, 2.05) is 0 Å². The lowest BCUT2D eigenvalue weighted by atomic mass is 9.97. The molecule has 4 nitrogen and oxygen atoms in total. The number of ketones is 1. The first-order chi connectivity index (χ1) is 6.32. The van der Waals surface area contributed by atoms with E-state index < -0.39 is 28.5 Å². The van der Waals surface area contributed by atoms with Crippen molar-refractivity contribution in [3.63, 3.8) is 0 Å². The molecular weight excluding hydrogens is 203 g/mol. The third-order valence-corrected chi connectivity index (χ3v) is 1.63. The Bertz CT molecular complexity index is 343. The van der Waals surface area contributed by atoms with E-state index in [1.165, 1.54) is 0 Å². The van der Waals surface area contributed by atoms with Crippen LogP contribution in [0.25, 0.3) is 0 Å². The second-order valence-electron chi connectivity index (χ2n) is 2.60. The van der Waals surface area contributed by atoms with Crippen molar-refractivity contribution in [3.8, 4) is 0 Å². The molecule has 7 heteroatoms. The van der Waals surface area contributed by atoms with Crippen LogP contribution in [-0.4, -0.2) is 16.9 Å². The number of nitrogens with zero attached hydrogens (tertiary/aromatic N) is 1. The summed E-state index contributed by atoms with van der Waals surface area (Å²) in [6.07, 6.45) is -3.15. The highest BCUT2D eigenvalue weighted by Crippen LogP contribution is 2.31. The lowest BCUT2D eigenvalue weighted by Gasteiger charge is -2.15. The van der Waals surface area contributed by atoms with Crippen molar-refractivity contribution in [2.75, 3.05) is 0 Å². The highest BCUT2D eigenvalue weighted by Gasteiger charge is 2.44. The summed E-state index contributed by atoms with van der Waals surface area (Å²) < 4.78 is 36.3. The van der Waals surface area contributed by atoms with Crippen molar-refractivity contribution in [1.82, 2.24) is 0 Å². The standard InChI is InChI=1S/C7H4F3NO3/c8-7(9,10)5-3-4(11(13)14)1-2-6(5)12/h1-3,5H. The van der Waals surface area contributed by atoms with Gasteiger partial charge < -0.3 is 0 Å². The zero-order valence-electron chi connectivity index (χ0n) is 6.62. The van der Waals surface area contributed by atoms with Crippen LogP contribution in [0.1, 0.15) is 0 Å². The Kier molecular flexibility index (Phi) is 2.41. The smallest absolute Gasteiger partial charge is 0.294 e. The molecule has 0 aliphatic heterocycles. The maximum Gasteiger partial charge on any atom is 0.402 e. The van der Waals surface area contributed by atoms with E-state index in [1.54, 1.807) is 0 Å². The van der Waals surface area contributed by atoms with Crippen molar-refractivity contribution in [3.05, 3.63) is 34.0 Å². The zero-order chi connectivity index (χ0) is 10.9. The molecule has 0 aromatic carbocycles. The van der Waals surface area contributed by atoms with Gasteiger partial charge in [0.1, 0.15) is 5.92 Å². The molecule has 1 aliphatic carbocycles. The molecule has 0 fully saturated rings. The van der Waals surface area contributed by atoms with Gasteiger partial charge in [0.2, 0.25) is 0 Å². The van der Waals surface area contributed by atoms with Gasteiger partial charge in [-0.2, -0.15) is 13.2 Å². The zero-order valence-corrected chi connectivity index (χ0v) is 6.62. The molecular formula is C7H4F3NO3. The summed E-state index contributed by atoms with van der Waals surface area (Å²) in [6, 6.07) is 0. The van der Waals surface area contributed by atoms with Crippen molar-refractivity contribution in [2.24, 2.45) is 5.92 Å². The highest BCUT2D eigenvalue weighted by molar-refractivity contribution is 5.95. The van der Waals surface area contributed by atoms with Gasteiger partial charge in [0, 0.05) is 12.2 Å². The maximum absolute atomic E-state index is 12.1. The van der Waals surface area contributed by atoms with Crippen LogP contribution in [0.3, 0.4) is 0 Å². The van der Waals surface area contributed by atoms with Crippen molar-refractivity contribution in [1.29, 1.82) is 0 Å². The molecule has 1 rings (SSSR count). The summed E-state index contributed by atoms with van der Waals surface area (Å²) in [7, 11) is 0. The Morgan fingerprint density at radius 3 is 2.36 bits per heavy atom. The summed E-state index contributed by atoms with van der Waals surface area (Å²) in [6.45, 7) is 0. The van der Waals surface area contributed by atoms with Crippen LogP contribution in [0, 0.1) is 16.0 Å². The first kappa shape index (κ1) is 10.4. The lowest BCUT2D eigenvalue weighted by molar-refractivity contribution is -0.420. The minimum absolute atomic E-state index is 0.308. The Labute approximate surface area is 75.9 Å². The van der Waals surface area contributed by atoms with E-state index in [4.69, 9.17) is 0 Å². The molecule has 1 atom stereocenters. The molecule has 0 radical (unpaired) electrons. The van der Waals surface area contributed by atoms with Crippen LogP contribution >= 0.6 is 0 Å². The number of nitro groups is 1. The number of hydrogen-bond donors (Lipinski definition) is 0.